The molecule has 1 atom stereocenters. The summed E-state index contributed by atoms with van der Waals surface area (Å²) in [6.45, 7) is 2.27. The molecule has 1 aliphatic rings. The van der Waals surface area contributed by atoms with Gasteiger partial charge >= 0.3 is 0 Å². The van der Waals surface area contributed by atoms with Crippen molar-refractivity contribution in [3.63, 3.8) is 0 Å². The van der Waals surface area contributed by atoms with E-state index in [4.69, 9.17) is 0 Å². The predicted octanol–water partition coefficient (Wildman–Crippen LogP) is 1.59. The van der Waals surface area contributed by atoms with Crippen LogP contribution in [0.4, 0.5) is 10.1 Å². The maximum absolute atomic E-state index is 13.9. The number of benzene rings is 2. The van der Waals surface area contributed by atoms with E-state index in [1.807, 2.05) is 31.1 Å². The van der Waals surface area contributed by atoms with Crippen LogP contribution in [0.3, 0.4) is 0 Å². The number of sulfonamides is 1. The fourth-order valence-electron chi connectivity index (χ4n) is 3.61. The maximum Gasteiger partial charge on any atom is 0.243 e. The summed E-state index contributed by atoms with van der Waals surface area (Å²) < 4.78 is 41.7. The highest BCUT2D eigenvalue weighted by molar-refractivity contribution is 7.89. The predicted molar refractivity (Wildman–Crippen MR) is 105 cm³/mol. The summed E-state index contributed by atoms with van der Waals surface area (Å²) in [5, 5.41) is 0. The third kappa shape index (κ3) is 4.66. The van der Waals surface area contributed by atoms with Gasteiger partial charge in [-0.1, -0.05) is 24.3 Å². The van der Waals surface area contributed by atoms with Crippen LogP contribution in [0, 0.1) is 5.82 Å². The fourth-order valence-corrected chi connectivity index (χ4v) is 4.74. The first-order valence-electron chi connectivity index (χ1n) is 9.24. The second-order valence-electron chi connectivity index (χ2n) is 7.19. The van der Waals surface area contributed by atoms with Crippen LogP contribution < -0.4 is 14.5 Å². The Kier molecular flexibility index (Phi) is 6.14. The zero-order valence-corrected chi connectivity index (χ0v) is 16.6. The molecule has 146 valence electrons. The number of rotatable bonds is 7. The number of hydrogen-bond donors (Lipinski definition) is 2. The Balaban J connectivity index is 1.81. The number of halogens is 1. The highest BCUT2D eigenvalue weighted by Gasteiger charge is 2.29. The monoisotopic (exact) mass is 392 g/mol. The second-order valence-corrected chi connectivity index (χ2v) is 8.92. The molecule has 0 spiro atoms. The Bertz CT molecular complexity index is 863. The topological polar surface area (TPSA) is 53.9 Å². The molecule has 0 amide bonds. The molecule has 0 bridgehead atoms. The van der Waals surface area contributed by atoms with Gasteiger partial charge in [0.1, 0.15) is 16.8 Å². The zero-order chi connectivity index (χ0) is 19.4. The van der Waals surface area contributed by atoms with Crippen molar-refractivity contribution in [2.24, 2.45) is 0 Å². The summed E-state index contributed by atoms with van der Waals surface area (Å²) in [6.07, 6.45) is 2.28. The minimum atomic E-state index is -3.89. The molecule has 7 heteroatoms. The van der Waals surface area contributed by atoms with Crippen molar-refractivity contribution >= 4 is 15.7 Å². The summed E-state index contributed by atoms with van der Waals surface area (Å²) >= 11 is 0. The molecule has 0 aliphatic carbocycles. The standard InChI is InChI=1S/C20H26FN3O2S/c1-23(2)17-11-9-16(10-12-17)19(24-13-5-6-14-24)15-22-27(25,26)20-8-4-3-7-18(20)21/h3-4,7-12,19,22H,5-6,13-15H2,1-2H3/p+1/t19-/m0/s1. The van der Waals surface area contributed by atoms with Crippen molar-refractivity contribution in [3.8, 4) is 0 Å². The van der Waals surface area contributed by atoms with Gasteiger partial charge in [-0.25, -0.2) is 17.5 Å². The number of quaternary nitrogens is 1. The molecule has 2 N–H and O–H groups in total. The van der Waals surface area contributed by atoms with Gasteiger partial charge in [0.2, 0.25) is 10.0 Å². The molecule has 5 nitrogen and oxygen atoms in total. The lowest BCUT2D eigenvalue weighted by Gasteiger charge is -2.26. The average Bonchev–Trinajstić information content (AvgIpc) is 3.17. The van der Waals surface area contributed by atoms with Gasteiger partial charge in [0.25, 0.3) is 0 Å². The molecule has 2 aromatic carbocycles. The van der Waals surface area contributed by atoms with Gasteiger partial charge in [0, 0.05) is 38.2 Å². The first-order valence-corrected chi connectivity index (χ1v) is 10.7. The number of likely N-dealkylation sites (tertiary alicyclic amines) is 1. The summed E-state index contributed by atoms with van der Waals surface area (Å²) in [6, 6.07) is 13.7. The normalized spacial score (nSPS) is 16.4. The lowest BCUT2D eigenvalue weighted by Crippen LogP contribution is -3.11. The van der Waals surface area contributed by atoms with Crippen LogP contribution in [-0.2, 0) is 10.0 Å². The van der Waals surface area contributed by atoms with Gasteiger partial charge < -0.3 is 9.80 Å². The third-order valence-corrected chi connectivity index (χ3v) is 6.61. The molecule has 0 aromatic heterocycles. The van der Waals surface area contributed by atoms with Gasteiger partial charge in [-0.3, -0.25) is 0 Å². The Morgan fingerprint density at radius 3 is 2.30 bits per heavy atom. The van der Waals surface area contributed by atoms with Crippen LogP contribution in [0.1, 0.15) is 24.4 Å². The quantitative estimate of drug-likeness (QED) is 0.753. The molecule has 1 aliphatic heterocycles. The van der Waals surface area contributed by atoms with E-state index in [1.54, 1.807) is 0 Å². The van der Waals surface area contributed by atoms with E-state index < -0.39 is 15.8 Å². The van der Waals surface area contributed by atoms with Crippen LogP contribution in [0.5, 0.6) is 0 Å². The Morgan fingerprint density at radius 2 is 1.70 bits per heavy atom. The van der Waals surface area contributed by atoms with E-state index in [0.717, 1.165) is 43.2 Å². The molecule has 0 saturated carbocycles. The number of nitrogens with zero attached hydrogens (tertiary/aromatic N) is 1. The van der Waals surface area contributed by atoms with Gasteiger partial charge in [0.15, 0.2) is 0 Å². The Hall–Kier alpha value is -1.96. The molecule has 27 heavy (non-hydrogen) atoms. The first-order chi connectivity index (χ1) is 12.9. The molecule has 1 saturated heterocycles. The van der Waals surface area contributed by atoms with Crippen molar-refractivity contribution in [2.45, 2.75) is 23.8 Å². The van der Waals surface area contributed by atoms with Gasteiger partial charge in [-0.2, -0.15) is 0 Å². The van der Waals surface area contributed by atoms with E-state index in [9.17, 15) is 12.8 Å². The summed E-state index contributed by atoms with van der Waals surface area (Å²) in [7, 11) is 0.0820. The molecule has 3 rings (SSSR count). The second kappa shape index (κ2) is 8.37. The fraction of sp³-hybridized carbons (Fsp3) is 0.400. The number of nitrogens with one attached hydrogen (secondary N) is 2. The minimum Gasteiger partial charge on any atom is -0.378 e. The maximum atomic E-state index is 13.9. The highest BCUT2D eigenvalue weighted by Crippen LogP contribution is 2.18. The molecular weight excluding hydrogens is 365 g/mol. The number of anilines is 1. The third-order valence-electron chi connectivity index (χ3n) is 5.15. The van der Waals surface area contributed by atoms with Gasteiger partial charge in [-0.05, 0) is 24.3 Å². The molecular formula is C20H27FN3O2S+. The van der Waals surface area contributed by atoms with Crippen LogP contribution in [0.25, 0.3) is 0 Å². The van der Waals surface area contributed by atoms with E-state index in [2.05, 4.69) is 16.9 Å². The van der Waals surface area contributed by atoms with E-state index in [-0.39, 0.29) is 17.5 Å². The first kappa shape index (κ1) is 19.8. The Labute approximate surface area is 160 Å². The van der Waals surface area contributed by atoms with E-state index in [0.29, 0.717) is 0 Å². The summed E-state index contributed by atoms with van der Waals surface area (Å²) in [4.78, 5) is 3.09. The van der Waals surface area contributed by atoms with Crippen molar-refractivity contribution < 1.29 is 17.7 Å². The van der Waals surface area contributed by atoms with Crippen molar-refractivity contribution in [3.05, 3.63) is 59.9 Å². The van der Waals surface area contributed by atoms with Crippen LogP contribution in [0.15, 0.2) is 53.4 Å². The SMILES string of the molecule is CN(C)c1ccc([C@H](CNS(=O)(=O)c2ccccc2F)[NH+]2CCCC2)cc1. The smallest absolute Gasteiger partial charge is 0.243 e. The molecule has 0 unspecified atom stereocenters. The van der Waals surface area contributed by atoms with Crippen LogP contribution in [0.2, 0.25) is 0 Å². The lowest BCUT2D eigenvalue weighted by atomic mass is 10.1. The van der Waals surface area contributed by atoms with Crippen molar-refractivity contribution in [2.75, 3.05) is 38.6 Å². The highest BCUT2D eigenvalue weighted by atomic mass is 32.2. The number of hydrogen-bond acceptors (Lipinski definition) is 3. The van der Waals surface area contributed by atoms with E-state index in [1.165, 1.54) is 23.1 Å². The lowest BCUT2D eigenvalue weighted by molar-refractivity contribution is -0.918. The van der Waals surface area contributed by atoms with Gasteiger partial charge in [0.05, 0.1) is 19.6 Å². The molecule has 1 heterocycles. The van der Waals surface area contributed by atoms with Crippen LogP contribution >= 0.6 is 0 Å². The van der Waals surface area contributed by atoms with Gasteiger partial charge in [-0.15, -0.1) is 0 Å². The largest absolute Gasteiger partial charge is 0.378 e. The molecule has 1 fully saturated rings. The molecule has 0 radical (unpaired) electrons. The summed E-state index contributed by atoms with van der Waals surface area (Å²) in [5.41, 5.74) is 2.19. The van der Waals surface area contributed by atoms with Crippen LogP contribution in [-0.4, -0.2) is 42.1 Å². The Morgan fingerprint density at radius 1 is 1.07 bits per heavy atom. The average molecular weight is 393 g/mol. The molecule has 2 aromatic rings. The minimum absolute atomic E-state index is 0.00487. The van der Waals surface area contributed by atoms with Crippen molar-refractivity contribution in [1.29, 1.82) is 0 Å². The van der Waals surface area contributed by atoms with Crippen molar-refractivity contribution in [1.82, 2.24) is 4.72 Å². The zero-order valence-electron chi connectivity index (χ0n) is 15.8. The van der Waals surface area contributed by atoms with E-state index >= 15 is 0 Å². The summed E-state index contributed by atoms with van der Waals surface area (Å²) in [5.74, 6) is -0.731.